The normalized spacial score (nSPS) is 12.5. The number of benzene rings is 2. The summed E-state index contributed by atoms with van der Waals surface area (Å²) in [6, 6.07) is 15.6. The van der Waals surface area contributed by atoms with Crippen molar-refractivity contribution in [1.29, 1.82) is 5.26 Å². The Balaban J connectivity index is 1.90. The number of hydrogen-bond donors (Lipinski definition) is 3. The number of alkyl carbamates (subject to hydrolysis) is 1. The van der Waals surface area contributed by atoms with Gasteiger partial charge in [-0.05, 0) is 23.8 Å². The van der Waals surface area contributed by atoms with Crippen LogP contribution in [-0.4, -0.2) is 36.1 Å². The van der Waals surface area contributed by atoms with Gasteiger partial charge in [0.05, 0.1) is 18.7 Å². The Morgan fingerprint density at radius 1 is 1.23 bits per heavy atom. The maximum absolute atomic E-state index is 11.7. The van der Waals surface area contributed by atoms with E-state index in [0.29, 0.717) is 11.3 Å². The summed E-state index contributed by atoms with van der Waals surface area (Å²) >= 11 is 0. The van der Waals surface area contributed by atoms with Gasteiger partial charge in [-0.1, -0.05) is 30.3 Å². The van der Waals surface area contributed by atoms with E-state index in [2.05, 4.69) is 5.32 Å². The van der Waals surface area contributed by atoms with Crippen LogP contribution < -0.4 is 10.1 Å². The molecule has 0 aliphatic heterocycles. The zero-order chi connectivity index (χ0) is 18.9. The lowest BCUT2D eigenvalue weighted by atomic mass is 10.0. The lowest BCUT2D eigenvalue weighted by Gasteiger charge is -2.20. The monoisotopic (exact) mass is 356 g/mol. The minimum absolute atomic E-state index is 0.101. The van der Waals surface area contributed by atoms with Crippen LogP contribution in [0.2, 0.25) is 0 Å². The van der Waals surface area contributed by atoms with Crippen molar-refractivity contribution in [2.24, 2.45) is 0 Å². The fourth-order valence-electron chi connectivity index (χ4n) is 2.32. The molecule has 0 saturated carbocycles. The molecule has 2 atom stereocenters. The van der Waals surface area contributed by atoms with Gasteiger partial charge in [0.25, 0.3) is 0 Å². The number of ether oxygens (including phenoxy) is 2. The molecule has 2 aromatic rings. The first-order chi connectivity index (χ1) is 12.5. The number of aliphatic hydroxyl groups is 2. The maximum Gasteiger partial charge on any atom is 0.407 e. The van der Waals surface area contributed by atoms with Crippen molar-refractivity contribution in [2.75, 3.05) is 13.7 Å². The molecular weight excluding hydrogens is 336 g/mol. The molecule has 0 heterocycles. The van der Waals surface area contributed by atoms with Crippen LogP contribution in [0, 0.1) is 11.3 Å². The van der Waals surface area contributed by atoms with Crippen LogP contribution in [0.4, 0.5) is 4.79 Å². The third-order valence-corrected chi connectivity index (χ3v) is 3.71. The molecule has 1 amide bonds. The summed E-state index contributed by atoms with van der Waals surface area (Å²) in [6.07, 6.45) is -3.35. The fraction of sp³-hybridized carbons (Fsp3) is 0.263. The molecule has 2 aromatic carbocycles. The standard InChI is InChI=1S/C19H20N2O5/c1-25-17-8-7-14(10-20)9-15(17)18(23)16(22)11-21-19(24)26-12-13-5-3-2-4-6-13/h2-9,16,18,22-23H,11-12H2,1H3,(H,21,24). The SMILES string of the molecule is COc1ccc(C#N)cc1C(O)C(O)CNC(=O)OCc1ccccc1. The van der Waals surface area contributed by atoms with Crippen molar-refractivity contribution in [3.05, 3.63) is 65.2 Å². The number of nitrogens with zero attached hydrogens (tertiary/aromatic N) is 1. The highest BCUT2D eigenvalue weighted by Crippen LogP contribution is 2.28. The van der Waals surface area contributed by atoms with Gasteiger partial charge in [-0.2, -0.15) is 5.26 Å². The van der Waals surface area contributed by atoms with Crippen LogP contribution in [-0.2, 0) is 11.3 Å². The molecule has 0 aromatic heterocycles. The molecule has 26 heavy (non-hydrogen) atoms. The Morgan fingerprint density at radius 3 is 2.62 bits per heavy atom. The van der Waals surface area contributed by atoms with E-state index in [9.17, 15) is 15.0 Å². The lowest BCUT2D eigenvalue weighted by Crippen LogP contribution is -2.35. The Labute approximate surface area is 151 Å². The van der Waals surface area contributed by atoms with Crippen molar-refractivity contribution in [2.45, 2.75) is 18.8 Å². The van der Waals surface area contributed by atoms with E-state index in [1.54, 1.807) is 6.07 Å². The Kier molecular flexibility index (Phi) is 6.97. The number of nitrogens with one attached hydrogen (secondary N) is 1. The zero-order valence-corrected chi connectivity index (χ0v) is 14.3. The molecule has 7 heteroatoms. The number of carbonyl (C=O) groups is 1. The fourth-order valence-corrected chi connectivity index (χ4v) is 2.32. The predicted octanol–water partition coefficient (Wildman–Crippen LogP) is 1.89. The lowest BCUT2D eigenvalue weighted by molar-refractivity contribution is 0.0171. The molecule has 7 nitrogen and oxygen atoms in total. The third-order valence-electron chi connectivity index (χ3n) is 3.71. The van der Waals surface area contributed by atoms with E-state index in [-0.39, 0.29) is 18.7 Å². The molecule has 136 valence electrons. The van der Waals surface area contributed by atoms with Gasteiger partial charge in [0.1, 0.15) is 24.6 Å². The second kappa shape index (κ2) is 9.42. The summed E-state index contributed by atoms with van der Waals surface area (Å²) in [5, 5.41) is 31.8. The number of methoxy groups -OCH3 is 1. The zero-order valence-electron chi connectivity index (χ0n) is 14.3. The molecule has 0 fully saturated rings. The Morgan fingerprint density at radius 2 is 1.96 bits per heavy atom. The summed E-state index contributed by atoms with van der Waals surface area (Å²) in [5.74, 6) is 0.335. The first kappa shape index (κ1) is 19.2. The van der Waals surface area contributed by atoms with Gasteiger partial charge in [0.15, 0.2) is 0 Å². The van der Waals surface area contributed by atoms with Crippen LogP contribution >= 0.6 is 0 Å². The summed E-state index contributed by atoms with van der Waals surface area (Å²) in [7, 11) is 1.42. The highest BCUT2D eigenvalue weighted by atomic mass is 16.5. The largest absolute Gasteiger partial charge is 0.496 e. The molecule has 0 radical (unpaired) electrons. The number of carbonyl (C=O) groups excluding carboxylic acids is 1. The highest BCUT2D eigenvalue weighted by molar-refractivity contribution is 5.67. The van der Waals surface area contributed by atoms with Crippen LogP contribution in [0.15, 0.2) is 48.5 Å². The van der Waals surface area contributed by atoms with Crippen LogP contribution in [0.3, 0.4) is 0 Å². The number of rotatable bonds is 7. The average Bonchev–Trinajstić information content (AvgIpc) is 2.70. The molecule has 0 bridgehead atoms. The second-order valence-corrected chi connectivity index (χ2v) is 5.52. The Bertz CT molecular complexity index is 773. The first-order valence-electron chi connectivity index (χ1n) is 7.94. The molecule has 0 spiro atoms. The topological polar surface area (TPSA) is 112 Å². The molecule has 3 N–H and O–H groups in total. The van der Waals surface area contributed by atoms with Crippen molar-refractivity contribution < 1.29 is 24.5 Å². The second-order valence-electron chi connectivity index (χ2n) is 5.52. The highest BCUT2D eigenvalue weighted by Gasteiger charge is 2.23. The molecule has 2 rings (SSSR count). The van der Waals surface area contributed by atoms with Crippen molar-refractivity contribution >= 4 is 6.09 Å². The van der Waals surface area contributed by atoms with Gasteiger partial charge in [0.2, 0.25) is 0 Å². The van der Waals surface area contributed by atoms with Gasteiger partial charge in [-0.15, -0.1) is 0 Å². The summed E-state index contributed by atoms with van der Waals surface area (Å²) < 4.78 is 10.2. The van der Waals surface area contributed by atoms with E-state index in [4.69, 9.17) is 14.7 Å². The van der Waals surface area contributed by atoms with Crippen molar-refractivity contribution in [3.63, 3.8) is 0 Å². The molecular formula is C19H20N2O5. The number of amides is 1. The Hall–Kier alpha value is -3.08. The van der Waals surface area contributed by atoms with Gasteiger partial charge in [0, 0.05) is 12.1 Å². The van der Waals surface area contributed by atoms with Crippen molar-refractivity contribution in [3.8, 4) is 11.8 Å². The van der Waals surface area contributed by atoms with E-state index >= 15 is 0 Å². The number of aliphatic hydroxyl groups excluding tert-OH is 2. The first-order valence-corrected chi connectivity index (χ1v) is 7.94. The third kappa shape index (κ3) is 5.21. The predicted molar refractivity (Wildman–Crippen MR) is 93.3 cm³/mol. The van der Waals surface area contributed by atoms with E-state index in [1.165, 1.54) is 19.2 Å². The molecule has 2 unspecified atom stereocenters. The van der Waals surface area contributed by atoms with Gasteiger partial charge < -0.3 is 25.0 Å². The smallest absolute Gasteiger partial charge is 0.407 e. The van der Waals surface area contributed by atoms with Gasteiger partial charge in [-0.3, -0.25) is 0 Å². The minimum Gasteiger partial charge on any atom is -0.496 e. The van der Waals surface area contributed by atoms with Crippen LogP contribution in [0.1, 0.15) is 22.8 Å². The molecule has 0 aliphatic carbocycles. The minimum atomic E-state index is -1.34. The summed E-state index contributed by atoms with van der Waals surface area (Å²) in [5.41, 5.74) is 1.42. The maximum atomic E-state index is 11.7. The summed E-state index contributed by atoms with van der Waals surface area (Å²) in [4.78, 5) is 11.7. The van der Waals surface area contributed by atoms with Gasteiger partial charge in [-0.25, -0.2) is 4.79 Å². The van der Waals surface area contributed by atoms with Crippen molar-refractivity contribution in [1.82, 2.24) is 5.32 Å². The number of hydrogen-bond acceptors (Lipinski definition) is 6. The molecule has 0 saturated heterocycles. The van der Waals surface area contributed by atoms with E-state index < -0.39 is 18.3 Å². The number of nitriles is 1. The van der Waals surface area contributed by atoms with E-state index in [0.717, 1.165) is 5.56 Å². The van der Waals surface area contributed by atoms with Crippen LogP contribution in [0.25, 0.3) is 0 Å². The van der Waals surface area contributed by atoms with Gasteiger partial charge >= 0.3 is 6.09 Å². The summed E-state index contributed by atoms with van der Waals surface area (Å²) in [6.45, 7) is -0.127. The molecule has 0 aliphatic rings. The quantitative estimate of drug-likeness (QED) is 0.698. The van der Waals surface area contributed by atoms with E-state index in [1.807, 2.05) is 36.4 Å². The average molecular weight is 356 g/mol. The van der Waals surface area contributed by atoms with Crippen LogP contribution in [0.5, 0.6) is 5.75 Å².